The molecule has 0 aliphatic rings. The van der Waals surface area contributed by atoms with Gasteiger partial charge in [0.05, 0.1) is 18.4 Å². The van der Waals surface area contributed by atoms with E-state index in [4.69, 9.17) is 5.11 Å². The van der Waals surface area contributed by atoms with Crippen LogP contribution in [0.4, 0.5) is 10.1 Å². The minimum atomic E-state index is -0.557. The van der Waals surface area contributed by atoms with Crippen LogP contribution in [-0.4, -0.2) is 16.0 Å². The van der Waals surface area contributed by atoms with Crippen molar-refractivity contribution in [1.29, 1.82) is 0 Å². The number of carbonyl (C=O) groups excluding carboxylic acids is 1. The highest BCUT2D eigenvalue weighted by atomic mass is 19.1. The number of rotatable bonds is 3. The van der Waals surface area contributed by atoms with Crippen LogP contribution in [0, 0.1) is 5.82 Å². The summed E-state index contributed by atoms with van der Waals surface area (Å²) in [5.41, 5.74) is 1.48. The van der Waals surface area contributed by atoms with Crippen LogP contribution in [0.15, 0.2) is 42.7 Å². The molecular formula is C13H11FN2O2. The van der Waals surface area contributed by atoms with Gasteiger partial charge in [-0.05, 0) is 23.8 Å². The molecule has 0 saturated heterocycles. The summed E-state index contributed by atoms with van der Waals surface area (Å²) in [6, 6.07) is 7.83. The quantitative estimate of drug-likeness (QED) is 0.870. The first-order valence-electron chi connectivity index (χ1n) is 5.31. The second-order valence-electron chi connectivity index (χ2n) is 3.70. The molecule has 0 saturated carbocycles. The third kappa shape index (κ3) is 2.89. The molecule has 0 radical (unpaired) electrons. The highest BCUT2D eigenvalue weighted by Gasteiger charge is 2.07. The number of aliphatic hydroxyl groups is 1. The van der Waals surface area contributed by atoms with E-state index in [1.54, 1.807) is 24.3 Å². The van der Waals surface area contributed by atoms with Crippen LogP contribution >= 0.6 is 0 Å². The van der Waals surface area contributed by atoms with Crippen molar-refractivity contribution in [2.24, 2.45) is 0 Å². The van der Waals surface area contributed by atoms with E-state index >= 15 is 0 Å². The molecule has 18 heavy (non-hydrogen) atoms. The van der Waals surface area contributed by atoms with Gasteiger partial charge >= 0.3 is 0 Å². The van der Waals surface area contributed by atoms with Crippen LogP contribution in [0.1, 0.15) is 15.9 Å². The van der Waals surface area contributed by atoms with E-state index in [0.29, 0.717) is 5.69 Å². The average molecular weight is 246 g/mol. The van der Waals surface area contributed by atoms with Crippen molar-refractivity contribution in [1.82, 2.24) is 4.98 Å². The number of aromatic nitrogens is 1. The number of nitrogens with one attached hydrogen (secondary N) is 1. The lowest BCUT2D eigenvalue weighted by Gasteiger charge is -2.05. The third-order valence-corrected chi connectivity index (χ3v) is 2.36. The molecule has 2 aromatic rings. The maximum absolute atomic E-state index is 12.9. The lowest BCUT2D eigenvalue weighted by Crippen LogP contribution is -2.12. The van der Waals surface area contributed by atoms with Crippen molar-refractivity contribution in [3.63, 3.8) is 0 Å². The first kappa shape index (κ1) is 12.2. The number of hydrogen-bond acceptors (Lipinski definition) is 3. The van der Waals surface area contributed by atoms with Crippen molar-refractivity contribution in [2.75, 3.05) is 5.32 Å². The zero-order valence-corrected chi connectivity index (χ0v) is 9.43. The number of hydrogen-bond donors (Lipinski definition) is 2. The highest BCUT2D eigenvalue weighted by molar-refractivity contribution is 6.04. The van der Waals surface area contributed by atoms with Gasteiger partial charge in [0.25, 0.3) is 5.91 Å². The Morgan fingerprint density at radius 2 is 2.00 bits per heavy atom. The molecule has 0 atom stereocenters. The van der Waals surface area contributed by atoms with E-state index in [-0.39, 0.29) is 12.2 Å². The fraction of sp³-hybridized carbons (Fsp3) is 0.0769. The van der Waals surface area contributed by atoms with E-state index in [2.05, 4.69) is 10.3 Å². The van der Waals surface area contributed by atoms with E-state index in [1.807, 2.05) is 0 Å². The second kappa shape index (κ2) is 5.37. The number of nitrogens with zero attached hydrogens (tertiary/aromatic N) is 1. The third-order valence-electron chi connectivity index (χ3n) is 2.36. The summed E-state index contributed by atoms with van der Waals surface area (Å²) >= 11 is 0. The SMILES string of the molecule is O=C(Nc1ccc(CO)cc1)c1cncc(F)c1. The van der Waals surface area contributed by atoms with Gasteiger partial charge in [-0.2, -0.15) is 0 Å². The molecule has 2 rings (SSSR count). The van der Waals surface area contributed by atoms with Crippen LogP contribution in [-0.2, 0) is 6.61 Å². The van der Waals surface area contributed by atoms with E-state index < -0.39 is 11.7 Å². The topological polar surface area (TPSA) is 62.2 Å². The summed E-state index contributed by atoms with van der Waals surface area (Å²) in [6.45, 7) is -0.0535. The van der Waals surface area contributed by atoms with Crippen molar-refractivity contribution >= 4 is 11.6 Å². The van der Waals surface area contributed by atoms with Gasteiger partial charge in [0, 0.05) is 11.9 Å². The first-order valence-corrected chi connectivity index (χ1v) is 5.31. The smallest absolute Gasteiger partial charge is 0.257 e. The Balaban J connectivity index is 2.11. The van der Waals surface area contributed by atoms with Gasteiger partial charge in [-0.1, -0.05) is 12.1 Å². The summed E-state index contributed by atoms with van der Waals surface area (Å²) in [5.74, 6) is -0.989. The van der Waals surface area contributed by atoms with Crippen LogP contribution in [0.3, 0.4) is 0 Å². The minimum Gasteiger partial charge on any atom is -0.392 e. The van der Waals surface area contributed by atoms with Crippen molar-refractivity contribution in [3.05, 3.63) is 59.7 Å². The second-order valence-corrected chi connectivity index (χ2v) is 3.70. The highest BCUT2D eigenvalue weighted by Crippen LogP contribution is 2.11. The van der Waals surface area contributed by atoms with Crippen molar-refractivity contribution < 1.29 is 14.3 Å². The predicted octanol–water partition coefficient (Wildman–Crippen LogP) is 1.97. The first-order chi connectivity index (χ1) is 8.69. The zero-order valence-electron chi connectivity index (χ0n) is 9.43. The van der Waals surface area contributed by atoms with Gasteiger partial charge in [0.2, 0.25) is 0 Å². The molecule has 5 heteroatoms. The summed E-state index contributed by atoms with van der Waals surface area (Å²) < 4.78 is 12.9. The molecule has 1 heterocycles. The number of carbonyl (C=O) groups is 1. The summed E-state index contributed by atoms with van der Waals surface area (Å²) in [6.07, 6.45) is 2.33. The van der Waals surface area contributed by atoms with Gasteiger partial charge in [0.1, 0.15) is 5.82 Å². The van der Waals surface area contributed by atoms with E-state index in [1.165, 1.54) is 6.20 Å². The molecule has 92 valence electrons. The van der Waals surface area contributed by atoms with Crippen molar-refractivity contribution in [3.8, 4) is 0 Å². The lowest BCUT2D eigenvalue weighted by atomic mass is 10.2. The van der Waals surface area contributed by atoms with Gasteiger partial charge in [-0.25, -0.2) is 4.39 Å². The van der Waals surface area contributed by atoms with Crippen molar-refractivity contribution in [2.45, 2.75) is 6.61 Å². The van der Waals surface area contributed by atoms with Gasteiger partial charge < -0.3 is 10.4 Å². The van der Waals surface area contributed by atoms with Gasteiger partial charge in [-0.3, -0.25) is 9.78 Å². The Hall–Kier alpha value is -2.27. The van der Waals surface area contributed by atoms with Crippen LogP contribution in [0.25, 0.3) is 0 Å². The Morgan fingerprint density at radius 1 is 1.28 bits per heavy atom. The Bertz CT molecular complexity index is 555. The van der Waals surface area contributed by atoms with Crippen LogP contribution in [0.5, 0.6) is 0 Å². The van der Waals surface area contributed by atoms with Crippen LogP contribution < -0.4 is 5.32 Å². The number of amides is 1. The number of anilines is 1. The number of benzene rings is 1. The maximum atomic E-state index is 12.9. The molecule has 0 aliphatic carbocycles. The number of aliphatic hydroxyl groups excluding tert-OH is 1. The fourth-order valence-corrected chi connectivity index (χ4v) is 1.43. The maximum Gasteiger partial charge on any atom is 0.257 e. The standard InChI is InChI=1S/C13H11FN2O2/c14-11-5-10(6-15-7-11)13(18)16-12-3-1-9(8-17)2-4-12/h1-7,17H,8H2,(H,16,18). The van der Waals surface area contributed by atoms with Gasteiger partial charge in [0.15, 0.2) is 0 Å². The number of halogens is 1. The largest absolute Gasteiger partial charge is 0.392 e. The Morgan fingerprint density at radius 3 is 2.61 bits per heavy atom. The molecule has 1 aromatic heterocycles. The number of pyridine rings is 1. The Kier molecular flexibility index (Phi) is 3.64. The molecule has 1 amide bonds. The minimum absolute atomic E-state index is 0.0535. The normalized spacial score (nSPS) is 10.1. The van der Waals surface area contributed by atoms with E-state index in [9.17, 15) is 9.18 Å². The summed E-state index contributed by atoms with van der Waals surface area (Å²) in [7, 11) is 0. The zero-order chi connectivity index (χ0) is 13.0. The van der Waals surface area contributed by atoms with Gasteiger partial charge in [-0.15, -0.1) is 0 Å². The molecule has 0 aliphatic heterocycles. The molecule has 0 unspecified atom stereocenters. The summed E-state index contributed by atoms with van der Waals surface area (Å²) in [4.78, 5) is 15.4. The molecule has 2 N–H and O–H groups in total. The molecule has 0 fully saturated rings. The van der Waals surface area contributed by atoms with E-state index in [0.717, 1.165) is 17.8 Å². The van der Waals surface area contributed by atoms with Crippen LogP contribution in [0.2, 0.25) is 0 Å². The summed E-state index contributed by atoms with van der Waals surface area (Å²) in [5, 5.41) is 11.5. The monoisotopic (exact) mass is 246 g/mol. The predicted molar refractivity (Wildman–Crippen MR) is 64.5 cm³/mol. The fourth-order valence-electron chi connectivity index (χ4n) is 1.43. The molecule has 0 bridgehead atoms. The molecule has 4 nitrogen and oxygen atoms in total. The molecule has 0 spiro atoms. The Labute approximate surface area is 103 Å². The average Bonchev–Trinajstić information content (AvgIpc) is 2.39. The molecule has 1 aromatic carbocycles. The molecular weight excluding hydrogens is 235 g/mol. The lowest BCUT2D eigenvalue weighted by molar-refractivity contribution is 0.102.